The van der Waals surface area contributed by atoms with Crippen LogP contribution in [0.15, 0.2) is 48.5 Å². The molecule has 1 aliphatic heterocycles. The van der Waals surface area contributed by atoms with E-state index in [1.165, 1.54) is 0 Å². The quantitative estimate of drug-likeness (QED) is 0.790. The second kappa shape index (κ2) is 8.45. The fourth-order valence-corrected chi connectivity index (χ4v) is 3.40. The maximum atomic E-state index is 12.9. The van der Waals surface area contributed by atoms with E-state index >= 15 is 0 Å². The number of para-hydroxylation sites is 1. The maximum absolute atomic E-state index is 12.9. The van der Waals surface area contributed by atoms with Crippen LogP contribution >= 0.6 is 11.6 Å². The molecule has 2 aromatic carbocycles. The van der Waals surface area contributed by atoms with Crippen molar-refractivity contribution in [2.45, 2.75) is 26.4 Å². The number of amides is 1. The number of ether oxygens (including phenoxy) is 1. The zero-order valence-electron chi connectivity index (χ0n) is 15.3. The van der Waals surface area contributed by atoms with Crippen LogP contribution in [0.4, 0.5) is 5.69 Å². The van der Waals surface area contributed by atoms with Crippen molar-refractivity contribution in [2.24, 2.45) is 0 Å². The molecular formula is C21H25ClN2O2. The molecule has 3 rings (SSSR count). The Morgan fingerprint density at radius 3 is 2.50 bits per heavy atom. The Morgan fingerprint density at radius 1 is 1.12 bits per heavy atom. The summed E-state index contributed by atoms with van der Waals surface area (Å²) < 4.78 is 6.01. The Labute approximate surface area is 160 Å². The Bertz CT molecular complexity index is 757. The zero-order chi connectivity index (χ0) is 18.5. The Hall–Kier alpha value is -2.20. The van der Waals surface area contributed by atoms with Gasteiger partial charge in [-0.25, -0.2) is 0 Å². The highest BCUT2D eigenvalue weighted by Gasteiger charge is 2.28. The van der Waals surface area contributed by atoms with Gasteiger partial charge < -0.3 is 14.5 Å². The number of nitrogens with zero attached hydrogens (tertiary/aromatic N) is 2. The van der Waals surface area contributed by atoms with Gasteiger partial charge >= 0.3 is 0 Å². The highest BCUT2D eigenvalue weighted by Crippen LogP contribution is 2.22. The first-order valence-electron chi connectivity index (χ1n) is 9.10. The predicted molar refractivity (Wildman–Crippen MR) is 106 cm³/mol. The van der Waals surface area contributed by atoms with Gasteiger partial charge in [-0.3, -0.25) is 4.79 Å². The normalized spacial score (nSPS) is 15.7. The van der Waals surface area contributed by atoms with Crippen molar-refractivity contribution in [1.82, 2.24) is 4.90 Å². The second-order valence-electron chi connectivity index (χ2n) is 6.57. The average Bonchev–Trinajstić information content (AvgIpc) is 2.67. The minimum atomic E-state index is -0.436. The molecule has 0 aromatic heterocycles. The summed E-state index contributed by atoms with van der Waals surface area (Å²) in [5, 5.41) is 0.735. The molecule has 0 bridgehead atoms. The molecule has 4 nitrogen and oxygen atoms in total. The number of aryl methyl sites for hydroxylation is 1. The average molecular weight is 373 g/mol. The smallest absolute Gasteiger partial charge is 0.263 e. The van der Waals surface area contributed by atoms with Gasteiger partial charge in [0, 0.05) is 36.9 Å². The molecular weight excluding hydrogens is 348 g/mol. The summed E-state index contributed by atoms with van der Waals surface area (Å²) in [6.45, 7) is 6.97. The lowest BCUT2D eigenvalue weighted by atomic mass is 10.2. The number of benzene rings is 2. The van der Waals surface area contributed by atoms with E-state index in [-0.39, 0.29) is 5.91 Å². The number of piperazine rings is 1. The molecule has 0 aliphatic carbocycles. The van der Waals surface area contributed by atoms with Gasteiger partial charge in [-0.2, -0.15) is 0 Å². The van der Waals surface area contributed by atoms with Gasteiger partial charge in [0.2, 0.25) is 0 Å². The first-order chi connectivity index (χ1) is 12.6. The third-order valence-corrected chi connectivity index (χ3v) is 5.01. The number of halogens is 1. The summed E-state index contributed by atoms with van der Waals surface area (Å²) in [6.07, 6.45) is 0.218. The second-order valence-corrected chi connectivity index (χ2v) is 7.01. The van der Waals surface area contributed by atoms with E-state index in [2.05, 4.69) is 11.0 Å². The number of rotatable bonds is 5. The van der Waals surface area contributed by atoms with Gasteiger partial charge in [-0.15, -0.1) is 0 Å². The molecule has 0 unspecified atom stereocenters. The van der Waals surface area contributed by atoms with Gasteiger partial charge in [0.25, 0.3) is 5.91 Å². The number of hydrogen-bond donors (Lipinski definition) is 0. The molecule has 0 N–H and O–H groups in total. The molecule has 26 heavy (non-hydrogen) atoms. The van der Waals surface area contributed by atoms with Crippen LogP contribution in [0.25, 0.3) is 0 Å². The van der Waals surface area contributed by atoms with Crippen LogP contribution in [0.2, 0.25) is 5.02 Å². The molecule has 1 aliphatic rings. The third-order valence-electron chi connectivity index (χ3n) is 4.77. The lowest BCUT2D eigenvalue weighted by Gasteiger charge is -2.37. The van der Waals surface area contributed by atoms with Gasteiger partial charge in [0.15, 0.2) is 6.10 Å². The van der Waals surface area contributed by atoms with E-state index < -0.39 is 6.10 Å². The first kappa shape index (κ1) is 18.6. The molecule has 1 saturated heterocycles. The van der Waals surface area contributed by atoms with Crippen LogP contribution in [0.3, 0.4) is 0 Å². The zero-order valence-corrected chi connectivity index (χ0v) is 16.1. The summed E-state index contributed by atoms with van der Waals surface area (Å²) in [5.41, 5.74) is 2.15. The molecule has 2 aromatic rings. The standard InChI is InChI=1S/C21H25ClN2O2/c1-3-19(26-20-10-5-4-7-16(20)2)21(25)24-13-11-23(12-14-24)18-9-6-8-17(22)15-18/h4-10,15,19H,3,11-14H2,1-2H3/t19-/m0/s1. The molecule has 138 valence electrons. The number of carbonyl (C=O) groups is 1. The SMILES string of the molecule is CC[C@H](Oc1ccccc1C)C(=O)N1CCN(c2cccc(Cl)c2)CC1. The van der Waals surface area contributed by atoms with Crippen LogP contribution in [0, 0.1) is 6.92 Å². The van der Waals surface area contributed by atoms with Crippen LogP contribution in [0.1, 0.15) is 18.9 Å². The van der Waals surface area contributed by atoms with Gasteiger partial charge in [-0.05, 0) is 43.2 Å². The lowest BCUT2D eigenvalue weighted by Crippen LogP contribution is -2.52. The minimum Gasteiger partial charge on any atom is -0.480 e. The van der Waals surface area contributed by atoms with Crippen molar-refractivity contribution in [1.29, 1.82) is 0 Å². The third kappa shape index (κ3) is 4.31. The van der Waals surface area contributed by atoms with Crippen molar-refractivity contribution < 1.29 is 9.53 Å². The molecule has 1 fully saturated rings. The van der Waals surface area contributed by atoms with Gasteiger partial charge in [-0.1, -0.05) is 42.8 Å². The van der Waals surface area contributed by atoms with Crippen LogP contribution in [0.5, 0.6) is 5.75 Å². The molecule has 1 amide bonds. The van der Waals surface area contributed by atoms with E-state index in [0.29, 0.717) is 19.5 Å². The highest BCUT2D eigenvalue weighted by molar-refractivity contribution is 6.30. The lowest BCUT2D eigenvalue weighted by molar-refractivity contribution is -0.139. The highest BCUT2D eigenvalue weighted by atomic mass is 35.5. The molecule has 0 saturated carbocycles. The Balaban J connectivity index is 1.60. The van der Waals surface area contributed by atoms with E-state index in [0.717, 1.165) is 35.1 Å². The summed E-state index contributed by atoms with van der Waals surface area (Å²) >= 11 is 6.09. The van der Waals surface area contributed by atoms with Crippen molar-refractivity contribution in [3.63, 3.8) is 0 Å². The minimum absolute atomic E-state index is 0.0708. The molecule has 5 heteroatoms. The van der Waals surface area contributed by atoms with Gasteiger partial charge in [0.1, 0.15) is 5.75 Å². The number of carbonyl (C=O) groups excluding carboxylic acids is 1. The molecule has 0 spiro atoms. The van der Waals surface area contributed by atoms with Gasteiger partial charge in [0.05, 0.1) is 0 Å². The van der Waals surface area contributed by atoms with Crippen molar-refractivity contribution >= 4 is 23.2 Å². The summed E-state index contributed by atoms with van der Waals surface area (Å²) in [6, 6.07) is 15.7. The predicted octanol–water partition coefficient (Wildman–Crippen LogP) is 4.15. The topological polar surface area (TPSA) is 32.8 Å². The van der Waals surface area contributed by atoms with Crippen LogP contribution < -0.4 is 9.64 Å². The fraction of sp³-hybridized carbons (Fsp3) is 0.381. The van der Waals surface area contributed by atoms with Crippen molar-refractivity contribution in [2.75, 3.05) is 31.1 Å². The summed E-state index contributed by atoms with van der Waals surface area (Å²) in [7, 11) is 0. The fourth-order valence-electron chi connectivity index (χ4n) is 3.21. The first-order valence-corrected chi connectivity index (χ1v) is 9.48. The van der Waals surface area contributed by atoms with E-state index in [4.69, 9.17) is 16.3 Å². The largest absolute Gasteiger partial charge is 0.480 e. The maximum Gasteiger partial charge on any atom is 0.263 e. The monoisotopic (exact) mass is 372 g/mol. The van der Waals surface area contributed by atoms with Crippen molar-refractivity contribution in [3.8, 4) is 5.75 Å². The van der Waals surface area contributed by atoms with E-state index in [9.17, 15) is 4.79 Å². The summed E-state index contributed by atoms with van der Waals surface area (Å²) in [5.74, 6) is 0.853. The van der Waals surface area contributed by atoms with Crippen LogP contribution in [-0.2, 0) is 4.79 Å². The summed E-state index contributed by atoms with van der Waals surface area (Å²) in [4.78, 5) is 17.1. The molecule has 0 radical (unpaired) electrons. The van der Waals surface area contributed by atoms with E-state index in [1.807, 2.05) is 61.2 Å². The van der Waals surface area contributed by atoms with E-state index in [1.54, 1.807) is 0 Å². The number of anilines is 1. The Morgan fingerprint density at radius 2 is 1.85 bits per heavy atom. The Kier molecular flexibility index (Phi) is 6.04. The molecule has 1 atom stereocenters. The van der Waals surface area contributed by atoms with Crippen molar-refractivity contribution in [3.05, 3.63) is 59.1 Å². The molecule has 1 heterocycles. The van der Waals surface area contributed by atoms with Crippen LogP contribution in [-0.4, -0.2) is 43.1 Å². The number of hydrogen-bond acceptors (Lipinski definition) is 3.